The average molecular weight is 468 g/mol. The van der Waals surface area contributed by atoms with Gasteiger partial charge in [0.15, 0.2) is 5.78 Å². The van der Waals surface area contributed by atoms with Crippen molar-refractivity contribution in [2.75, 3.05) is 10.6 Å². The van der Waals surface area contributed by atoms with Crippen LogP contribution in [0.4, 0.5) is 21.9 Å². The zero-order valence-electron chi connectivity index (χ0n) is 13.8. The first-order valence-electron chi connectivity index (χ1n) is 7.50. The summed E-state index contributed by atoms with van der Waals surface area (Å²) in [6, 6.07) is 6.12. The van der Waals surface area contributed by atoms with Crippen molar-refractivity contribution in [2.24, 2.45) is 7.05 Å². The molecule has 0 aliphatic carbocycles. The van der Waals surface area contributed by atoms with Gasteiger partial charge in [-0.25, -0.2) is 9.37 Å². The molecule has 26 heavy (non-hydrogen) atoms. The van der Waals surface area contributed by atoms with Crippen molar-refractivity contribution < 1.29 is 18.4 Å². The Kier molecular flexibility index (Phi) is 5.07. The SMILES string of the molecule is CC(=O)c1cc(C(=O)Nc2ncco2)c(Nc2ccc(I)cc2F)n1C. The van der Waals surface area contributed by atoms with Gasteiger partial charge in [-0.3, -0.25) is 14.9 Å². The van der Waals surface area contributed by atoms with Gasteiger partial charge >= 0.3 is 6.01 Å². The fourth-order valence-corrected chi connectivity index (χ4v) is 2.89. The van der Waals surface area contributed by atoms with Crippen LogP contribution in [0.3, 0.4) is 0 Å². The van der Waals surface area contributed by atoms with Crippen molar-refractivity contribution in [1.82, 2.24) is 9.55 Å². The Balaban J connectivity index is 2.01. The highest BCUT2D eigenvalue weighted by molar-refractivity contribution is 14.1. The summed E-state index contributed by atoms with van der Waals surface area (Å²) in [6.45, 7) is 1.39. The van der Waals surface area contributed by atoms with Gasteiger partial charge in [0.2, 0.25) is 0 Å². The van der Waals surface area contributed by atoms with Crippen molar-refractivity contribution in [3.05, 3.63) is 57.4 Å². The minimum Gasteiger partial charge on any atom is -0.432 e. The van der Waals surface area contributed by atoms with Gasteiger partial charge in [0.25, 0.3) is 5.91 Å². The lowest BCUT2D eigenvalue weighted by Gasteiger charge is -2.12. The Bertz CT molecular complexity index is 982. The number of benzene rings is 1. The lowest BCUT2D eigenvalue weighted by Crippen LogP contribution is -2.14. The second kappa shape index (κ2) is 7.28. The maximum absolute atomic E-state index is 14.2. The first-order chi connectivity index (χ1) is 12.4. The molecule has 2 heterocycles. The van der Waals surface area contributed by atoms with Crippen molar-refractivity contribution in [2.45, 2.75) is 6.92 Å². The number of hydrogen-bond acceptors (Lipinski definition) is 5. The van der Waals surface area contributed by atoms with Gasteiger partial charge in [0.1, 0.15) is 17.9 Å². The lowest BCUT2D eigenvalue weighted by molar-refractivity contribution is 0.100. The van der Waals surface area contributed by atoms with Crippen LogP contribution < -0.4 is 10.6 Å². The minimum absolute atomic E-state index is 0.0228. The number of hydrogen-bond donors (Lipinski definition) is 2. The second-order valence-corrected chi connectivity index (χ2v) is 6.69. The normalized spacial score (nSPS) is 10.6. The molecule has 0 bridgehead atoms. The third-order valence-electron chi connectivity index (χ3n) is 3.68. The van der Waals surface area contributed by atoms with Gasteiger partial charge in [-0.15, -0.1) is 0 Å². The van der Waals surface area contributed by atoms with E-state index in [1.807, 2.05) is 22.6 Å². The van der Waals surface area contributed by atoms with Crippen molar-refractivity contribution in [3.8, 4) is 0 Å². The van der Waals surface area contributed by atoms with E-state index in [4.69, 9.17) is 4.42 Å². The number of oxazole rings is 1. The largest absolute Gasteiger partial charge is 0.432 e. The Morgan fingerprint density at radius 1 is 1.31 bits per heavy atom. The van der Waals surface area contributed by atoms with Gasteiger partial charge in [0.05, 0.1) is 23.1 Å². The monoisotopic (exact) mass is 468 g/mol. The summed E-state index contributed by atoms with van der Waals surface area (Å²) in [6.07, 6.45) is 2.71. The summed E-state index contributed by atoms with van der Waals surface area (Å²) in [5.41, 5.74) is 0.650. The van der Waals surface area contributed by atoms with Gasteiger partial charge in [-0.1, -0.05) is 0 Å². The van der Waals surface area contributed by atoms with E-state index < -0.39 is 11.7 Å². The molecule has 2 aromatic heterocycles. The third kappa shape index (κ3) is 3.62. The number of Topliss-reactive ketones (excluding diaryl/α,β-unsaturated/α-hetero) is 1. The Morgan fingerprint density at radius 3 is 2.69 bits per heavy atom. The molecule has 2 N–H and O–H groups in total. The molecular weight excluding hydrogens is 454 g/mol. The number of amides is 1. The van der Waals surface area contributed by atoms with Gasteiger partial charge in [0, 0.05) is 17.5 Å². The number of nitrogens with one attached hydrogen (secondary N) is 2. The zero-order valence-corrected chi connectivity index (χ0v) is 16.0. The molecule has 0 fully saturated rings. The predicted molar refractivity (Wildman–Crippen MR) is 102 cm³/mol. The van der Waals surface area contributed by atoms with Gasteiger partial charge in [-0.05, 0) is 46.9 Å². The zero-order chi connectivity index (χ0) is 18.8. The third-order valence-corrected chi connectivity index (χ3v) is 4.35. The molecule has 0 aliphatic heterocycles. The van der Waals surface area contributed by atoms with E-state index in [9.17, 15) is 14.0 Å². The van der Waals surface area contributed by atoms with E-state index in [0.29, 0.717) is 5.69 Å². The van der Waals surface area contributed by atoms with Gasteiger partial charge < -0.3 is 14.3 Å². The Morgan fingerprint density at radius 2 is 2.08 bits per heavy atom. The topological polar surface area (TPSA) is 89.2 Å². The number of halogens is 2. The van der Waals surface area contributed by atoms with E-state index in [-0.39, 0.29) is 28.9 Å². The molecule has 0 saturated carbocycles. The van der Waals surface area contributed by atoms with E-state index in [0.717, 1.165) is 3.57 Å². The number of anilines is 3. The highest BCUT2D eigenvalue weighted by Crippen LogP contribution is 2.28. The van der Waals surface area contributed by atoms with Crippen LogP contribution >= 0.6 is 22.6 Å². The molecule has 0 aliphatic rings. The smallest absolute Gasteiger partial charge is 0.301 e. The molecule has 0 spiro atoms. The summed E-state index contributed by atoms with van der Waals surface area (Å²) >= 11 is 2.00. The van der Waals surface area contributed by atoms with Crippen molar-refractivity contribution in [1.29, 1.82) is 0 Å². The van der Waals surface area contributed by atoms with E-state index >= 15 is 0 Å². The number of carbonyl (C=O) groups excluding carboxylic acids is 2. The number of nitrogens with zero attached hydrogens (tertiary/aromatic N) is 2. The first-order valence-corrected chi connectivity index (χ1v) is 8.58. The summed E-state index contributed by atoms with van der Waals surface area (Å²) in [4.78, 5) is 28.3. The van der Waals surface area contributed by atoms with Crippen LogP contribution in [0.5, 0.6) is 0 Å². The molecule has 0 atom stereocenters. The average Bonchev–Trinajstić information content (AvgIpc) is 3.18. The van der Waals surface area contributed by atoms with E-state index in [1.165, 1.54) is 36.1 Å². The fourth-order valence-electron chi connectivity index (χ4n) is 2.43. The first kappa shape index (κ1) is 18.1. The Hall–Kier alpha value is -2.69. The maximum Gasteiger partial charge on any atom is 0.301 e. The number of rotatable bonds is 5. The van der Waals surface area contributed by atoms with Crippen molar-refractivity contribution >= 4 is 51.8 Å². The van der Waals surface area contributed by atoms with Gasteiger partial charge in [-0.2, -0.15) is 0 Å². The van der Waals surface area contributed by atoms with Crippen LogP contribution in [0, 0.1) is 9.39 Å². The maximum atomic E-state index is 14.2. The van der Waals surface area contributed by atoms with Crippen LogP contribution in [-0.4, -0.2) is 21.2 Å². The summed E-state index contributed by atoms with van der Waals surface area (Å²) in [5.74, 6) is -0.960. The molecule has 0 radical (unpaired) electrons. The number of ketones is 1. The van der Waals surface area contributed by atoms with E-state index in [1.54, 1.807) is 19.2 Å². The molecule has 1 aromatic carbocycles. The molecule has 3 rings (SSSR count). The standard InChI is InChI=1S/C17H14FIN4O3/c1-9(24)14-8-11(16(25)22-17-20-5-6-26-17)15(23(14)2)21-13-4-3-10(19)7-12(13)18/h3-8,21H,1-2H3,(H,20,22,25). The highest BCUT2D eigenvalue weighted by Gasteiger charge is 2.22. The van der Waals surface area contributed by atoms with Crippen molar-refractivity contribution in [3.63, 3.8) is 0 Å². The second-order valence-electron chi connectivity index (χ2n) is 5.45. The predicted octanol–water partition coefficient (Wildman–Crippen LogP) is 3.96. The van der Waals surface area contributed by atoms with Crippen LogP contribution in [0.15, 0.2) is 41.1 Å². The summed E-state index contributed by atoms with van der Waals surface area (Å²) in [5, 5.41) is 5.38. The van der Waals surface area contributed by atoms with Crippen LogP contribution in [0.25, 0.3) is 0 Å². The molecule has 3 aromatic rings. The summed E-state index contributed by atoms with van der Waals surface area (Å²) in [7, 11) is 1.62. The Labute approximate surface area is 161 Å². The molecule has 7 nitrogen and oxygen atoms in total. The summed E-state index contributed by atoms with van der Waals surface area (Å²) < 4.78 is 21.4. The van der Waals surface area contributed by atoms with Crippen LogP contribution in [0.1, 0.15) is 27.8 Å². The molecule has 9 heteroatoms. The molecular formula is C17H14FIN4O3. The fraction of sp³-hybridized carbons (Fsp3) is 0.118. The highest BCUT2D eigenvalue weighted by atomic mass is 127. The number of carbonyl (C=O) groups is 2. The quantitative estimate of drug-likeness (QED) is 0.437. The molecule has 1 amide bonds. The minimum atomic E-state index is -0.538. The molecule has 0 saturated heterocycles. The molecule has 134 valence electrons. The molecule has 0 unspecified atom stereocenters. The van der Waals surface area contributed by atoms with E-state index in [2.05, 4.69) is 15.6 Å². The van der Waals surface area contributed by atoms with Crippen LogP contribution in [0.2, 0.25) is 0 Å². The lowest BCUT2D eigenvalue weighted by atomic mass is 10.2. The van der Waals surface area contributed by atoms with Crippen LogP contribution in [-0.2, 0) is 7.05 Å². The number of aromatic nitrogens is 2.